The Morgan fingerprint density at radius 3 is 3.12 bits per heavy atom. The lowest BCUT2D eigenvalue weighted by Gasteiger charge is -2.13. The summed E-state index contributed by atoms with van der Waals surface area (Å²) in [6.07, 6.45) is 0.891. The second-order valence-corrected chi connectivity index (χ2v) is 3.78. The van der Waals surface area contributed by atoms with Gasteiger partial charge in [-0.25, -0.2) is 0 Å². The van der Waals surface area contributed by atoms with E-state index in [0.29, 0.717) is 6.61 Å². The smallest absolute Gasteiger partial charge is 0.314 e. The number of fused-ring (bicyclic) bond motifs is 1. The molecule has 0 spiro atoms. The lowest BCUT2D eigenvalue weighted by atomic mass is 9.97. The van der Waals surface area contributed by atoms with Gasteiger partial charge in [0, 0.05) is 13.0 Å². The van der Waals surface area contributed by atoms with Crippen LogP contribution in [0.3, 0.4) is 0 Å². The second-order valence-electron chi connectivity index (χ2n) is 3.78. The first-order valence-electron chi connectivity index (χ1n) is 5.29. The van der Waals surface area contributed by atoms with E-state index in [1.807, 2.05) is 18.2 Å². The molecule has 0 saturated heterocycles. The van der Waals surface area contributed by atoms with Gasteiger partial charge in [-0.15, -0.1) is 0 Å². The number of carbonyl (C=O) groups excluding carboxylic acids is 1. The predicted molar refractivity (Wildman–Crippen MR) is 59.5 cm³/mol. The highest BCUT2D eigenvalue weighted by atomic mass is 16.5. The van der Waals surface area contributed by atoms with E-state index < -0.39 is 0 Å². The minimum absolute atomic E-state index is 0.256. The molecule has 1 unspecified atom stereocenters. The predicted octanol–water partition coefficient (Wildman–Crippen LogP) is 0.837. The van der Waals surface area contributed by atoms with Gasteiger partial charge in [-0.3, -0.25) is 4.79 Å². The quantitative estimate of drug-likeness (QED) is 0.768. The Hall–Kier alpha value is -1.55. The van der Waals surface area contributed by atoms with Crippen LogP contribution < -0.4 is 10.5 Å². The summed E-state index contributed by atoms with van der Waals surface area (Å²) in [5, 5.41) is 0. The standard InChI is InChI=1S/C12H15NO3/c1-15-12(14)10(7-13)8-2-3-11-9(6-8)4-5-16-11/h2-3,6,10H,4-5,7,13H2,1H3. The molecule has 86 valence electrons. The fraction of sp³-hybridized carbons (Fsp3) is 0.417. The summed E-state index contributed by atoms with van der Waals surface area (Å²) < 4.78 is 10.1. The van der Waals surface area contributed by atoms with Gasteiger partial charge < -0.3 is 15.2 Å². The zero-order valence-corrected chi connectivity index (χ0v) is 9.23. The molecule has 0 aliphatic carbocycles. The van der Waals surface area contributed by atoms with Gasteiger partial charge in [-0.05, 0) is 17.2 Å². The van der Waals surface area contributed by atoms with Crippen molar-refractivity contribution >= 4 is 5.97 Å². The molecule has 0 radical (unpaired) electrons. The van der Waals surface area contributed by atoms with Gasteiger partial charge >= 0.3 is 5.97 Å². The van der Waals surface area contributed by atoms with Crippen LogP contribution in [0.25, 0.3) is 0 Å². The Bertz CT molecular complexity index is 403. The van der Waals surface area contributed by atoms with Gasteiger partial charge in [0.15, 0.2) is 0 Å². The molecular weight excluding hydrogens is 206 g/mol. The largest absolute Gasteiger partial charge is 0.493 e. The van der Waals surface area contributed by atoms with Gasteiger partial charge in [-0.2, -0.15) is 0 Å². The number of hydrogen-bond acceptors (Lipinski definition) is 4. The van der Waals surface area contributed by atoms with Crippen molar-refractivity contribution < 1.29 is 14.3 Å². The molecule has 4 nitrogen and oxygen atoms in total. The number of ether oxygens (including phenoxy) is 2. The van der Waals surface area contributed by atoms with E-state index in [-0.39, 0.29) is 18.4 Å². The summed E-state index contributed by atoms with van der Waals surface area (Å²) in [5.41, 5.74) is 7.63. The van der Waals surface area contributed by atoms with E-state index in [9.17, 15) is 4.79 Å². The minimum Gasteiger partial charge on any atom is -0.493 e. The third-order valence-corrected chi connectivity index (χ3v) is 2.84. The number of esters is 1. The maximum absolute atomic E-state index is 11.5. The molecule has 1 aromatic rings. The molecule has 1 aliphatic heterocycles. The van der Waals surface area contributed by atoms with Gasteiger partial charge in [0.05, 0.1) is 19.6 Å². The number of nitrogens with two attached hydrogens (primary N) is 1. The van der Waals surface area contributed by atoms with Crippen LogP contribution in [0.5, 0.6) is 5.75 Å². The molecule has 1 aliphatic rings. The Kier molecular flexibility index (Phi) is 3.10. The highest BCUT2D eigenvalue weighted by Crippen LogP contribution is 2.28. The number of benzene rings is 1. The zero-order chi connectivity index (χ0) is 11.5. The average molecular weight is 221 g/mol. The molecule has 0 saturated carbocycles. The zero-order valence-electron chi connectivity index (χ0n) is 9.23. The molecule has 4 heteroatoms. The molecule has 1 aromatic carbocycles. The molecule has 2 rings (SSSR count). The number of hydrogen-bond donors (Lipinski definition) is 1. The summed E-state index contributed by atoms with van der Waals surface area (Å²) in [4.78, 5) is 11.5. The van der Waals surface area contributed by atoms with E-state index in [0.717, 1.165) is 23.3 Å². The second kappa shape index (κ2) is 4.53. The summed E-state index contributed by atoms with van der Waals surface area (Å²) in [6, 6.07) is 5.75. The van der Waals surface area contributed by atoms with Crippen molar-refractivity contribution in [2.24, 2.45) is 5.73 Å². The molecular formula is C12H15NO3. The van der Waals surface area contributed by atoms with Crippen LogP contribution >= 0.6 is 0 Å². The van der Waals surface area contributed by atoms with E-state index in [4.69, 9.17) is 15.2 Å². The molecule has 0 bridgehead atoms. The fourth-order valence-corrected chi connectivity index (χ4v) is 1.93. The maximum atomic E-state index is 11.5. The van der Waals surface area contributed by atoms with Gasteiger partial charge in [-0.1, -0.05) is 12.1 Å². The molecule has 0 fully saturated rings. The van der Waals surface area contributed by atoms with Crippen LogP contribution in [0.4, 0.5) is 0 Å². The van der Waals surface area contributed by atoms with Crippen molar-refractivity contribution in [3.05, 3.63) is 29.3 Å². The first kappa shape index (κ1) is 11.0. The average Bonchev–Trinajstić information content (AvgIpc) is 2.77. The molecule has 16 heavy (non-hydrogen) atoms. The highest BCUT2D eigenvalue weighted by molar-refractivity contribution is 5.78. The number of methoxy groups -OCH3 is 1. The Morgan fingerprint density at radius 1 is 1.62 bits per heavy atom. The molecule has 1 atom stereocenters. The third kappa shape index (κ3) is 1.88. The third-order valence-electron chi connectivity index (χ3n) is 2.84. The van der Waals surface area contributed by atoms with Crippen LogP contribution in [0.1, 0.15) is 17.0 Å². The van der Waals surface area contributed by atoms with E-state index >= 15 is 0 Å². The molecule has 0 aromatic heterocycles. The summed E-state index contributed by atoms with van der Waals surface area (Å²) in [5.74, 6) is 0.238. The first-order valence-corrected chi connectivity index (χ1v) is 5.29. The van der Waals surface area contributed by atoms with E-state index in [1.165, 1.54) is 7.11 Å². The van der Waals surface area contributed by atoms with Crippen molar-refractivity contribution in [1.82, 2.24) is 0 Å². The van der Waals surface area contributed by atoms with Crippen LogP contribution in [0, 0.1) is 0 Å². The van der Waals surface area contributed by atoms with Gasteiger partial charge in [0.2, 0.25) is 0 Å². The van der Waals surface area contributed by atoms with E-state index in [2.05, 4.69) is 0 Å². The van der Waals surface area contributed by atoms with Crippen molar-refractivity contribution in [3.63, 3.8) is 0 Å². The molecule has 0 amide bonds. The maximum Gasteiger partial charge on any atom is 0.314 e. The minimum atomic E-state index is -0.379. The first-order chi connectivity index (χ1) is 7.76. The monoisotopic (exact) mass is 221 g/mol. The molecule has 2 N–H and O–H groups in total. The van der Waals surface area contributed by atoms with Crippen molar-refractivity contribution in [3.8, 4) is 5.75 Å². The SMILES string of the molecule is COC(=O)C(CN)c1ccc2c(c1)CCO2. The van der Waals surface area contributed by atoms with Gasteiger partial charge in [0.1, 0.15) is 5.75 Å². The Labute approximate surface area is 94.3 Å². The lowest BCUT2D eigenvalue weighted by Crippen LogP contribution is -2.22. The lowest BCUT2D eigenvalue weighted by molar-refractivity contribution is -0.142. The fourth-order valence-electron chi connectivity index (χ4n) is 1.93. The molecule has 1 heterocycles. The highest BCUT2D eigenvalue weighted by Gasteiger charge is 2.22. The van der Waals surface area contributed by atoms with Crippen LogP contribution in [-0.2, 0) is 16.0 Å². The summed E-state index contributed by atoms with van der Waals surface area (Å²) in [6.45, 7) is 0.969. The van der Waals surface area contributed by atoms with Crippen LogP contribution in [-0.4, -0.2) is 26.2 Å². The Balaban J connectivity index is 2.29. The summed E-state index contributed by atoms with van der Waals surface area (Å²) in [7, 11) is 1.38. The Morgan fingerprint density at radius 2 is 2.44 bits per heavy atom. The van der Waals surface area contributed by atoms with Gasteiger partial charge in [0.25, 0.3) is 0 Å². The van der Waals surface area contributed by atoms with Crippen molar-refractivity contribution in [1.29, 1.82) is 0 Å². The summed E-state index contributed by atoms with van der Waals surface area (Å²) >= 11 is 0. The van der Waals surface area contributed by atoms with E-state index in [1.54, 1.807) is 0 Å². The van der Waals surface area contributed by atoms with Crippen LogP contribution in [0.15, 0.2) is 18.2 Å². The number of rotatable bonds is 3. The topological polar surface area (TPSA) is 61.5 Å². The number of carbonyl (C=O) groups is 1. The van der Waals surface area contributed by atoms with Crippen molar-refractivity contribution in [2.75, 3.05) is 20.3 Å². The van der Waals surface area contributed by atoms with Crippen molar-refractivity contribution in [2.45, 2.75) is 12.3 Å². The normalized spacial score (nSPS) is 15.1. The van der Waals surface area contributed by atoms with Crippen LogP contribution in [0.2, 0.25) is 0 Å².